The Morgan fingerprint density at radius 2 is 1.24 bits per heavy atom. The van der Waals surface area contributed by atoms with Crippen LogP contribution < -0.4 is 4.74 Å². The average Bonchev–Trinajstić information content (AvgIpc) is 2.33. The summed E-state index contributed by atoms with van der Waals surface area (Å²) in [4.78, 5) is 1.36. The molecule has 2 heteroatoms. The molecule has 1 nitrogen and oxygen atoms in total. The van der Waals surface area contributed by atoms with Crippen LogP contribution >= 0.6 is 0 Å². The van der Waals surface area contributed by atoms with Crippen LogP contribution in [0.1, 0.15) is 5.56 Å². The van der Waals surface area contributed by atoms with E-state index in [2.05, 4.69) is 43.7 Å². The Bertz CT molecular complexity index is 471. The van der Waals surface area contributed by atoms with Crippen LogP contribution in [-0.4, -0.2) is 12.5 Å². The van der Waals surface area contributed by atoms with E-state index in [0.29, 0.717) is 10.9 Å². The molecule has 0 aliphatic rings. The second-order valence-electron chi connectivity index (χ2n) is 4.20. The number of ether oxygens (including phenoxy) is 1. The van der Waals surface area contributed by atoms with E-state index in [1.165, 1.54) is 10.5 Å². The van der Waals surface area contributed by atoms with Gasteiger partial charge in [-0.15, -0.1) is 0 Å². The van der Waals surface area contributed by atoms with Gasteiger partial charge in [-0.1, -0.05) is 17.7 Å². The van der Waals surface area contributed by atoms with Gasteiger partial charge in [0.05, 0.1) is 0 Å². The third kappa shape index (κ3) is 3.27. The van der Waals surface area contributed by atoms with E-state index in [-0.39, 0.29) is 0 Å². The summed E-state index contributed by atoms with van der Waals surface area (Å²) in [5, 5.41) is 0. The summed E-state index contributed by atoms with van der Waals surface area (Å²) in [5.74, 6) is 1.78. The van der Waals surface area contributed by atoms with Gasteiger partial charge in [-0.05, 0) is 43.3 Å². The highest BCUT2D eigenvalue weighted by Gasteiger charge is 2.07. The first-order valence-corrected chi connectivity index (χ1v) is 7.61. The van der Waals surface area contributed by atoms with Crippen molar-refractivity contribution in [1.29, 1.82) is 0 Å². The monoisotopic (exact) mass is 245 g/mol. The van der Waals surface area contributed by atoms with E-state index in [4.69, 9.17) is 4.74 Å². The van der Waals surface area contributed by atoms with E-state index in [1.807, 2.05) is 24.3 Å². The van der Waals surface area contributed by atoms with Gasteiger partial charge in [-0.3, -0.25) is 0 Å². The summed E-state index contributed by atoms with van der Waals surface area (Å²) in [5.41, 5.74) is 1.24. The van der Waals surface area contributed by atoms with Crippen molar-refractivity contribution < 1.29 is 4.74 Å². The zero-order valence-corrected chi connectivity index (χ0v) is 11.3. The molecule has 0 fully saturated rings. The number of hydrogen-bond acceptors (Lipinski definition) is 1. The average molecular weight is 245 g/mol. The highest BCUT2D eigenvalue weighted by Crippen LogP contribution is 2.23. The molecular weight excluding hydrogens is 228 g/mol. The second kappa shape index (κ2) is 5.28. The summed E-state index contributed by atoms with van der Waals surface area (Å²) >= 11 is 0. The lowest BCUT2D eigenvalue weighted by atomic mass is 10.2. The van der Waals surface area contributed by atoms with Crippen molar-refractivity contribution >= 4 is 10.9 Å². The molecule has 17 heavy (non-hydrogen) atoms. The molecule has 0 saturated carbocycles. The van der Waals surface area contributed by atoms with Crippen molar-refractivity contribution in [2.45, 2.75) is 11.8 Å². The predicted octanol–water partition coefficient (Wildman–Crippen LogP) is 4.02. The molecule has 2 aromatic rings. The zero-order valence-electron chi connectivity index (χ0n) is 10.4. The molecule has 0 amide bonds. The van der Waals surface area contributed by atoms with Gasteiger partial charge >= 0.3 is 0 Å². The Morgan fingerprint density at radius 1 is 0.765 bits per heavy atom. The van der Waals surface area contributed by atoms with E-state index in [1.54, 1.807) is 0 Å². The Labute approximate surface area is 106 Å². The molecular formula is C15H17OS+. The molecule has 0 aliphatic heterocycles. The highest BCUT2D eigenvalue weighted by atomic mass is 32.2. The topological polar surface area (TPSA) is 9.23 Å². The van der Waals surface area contributed by atoms with Crippen LogP contribution in [-0.2, 0) is 10.9 Å². The molecule has 0 N–H and O–H groups in total. The van der Waals surface area contributed by atoms with Gasteiger partial charge in [0.15, 0.2) is 4.90 Å². The van der Waals surface area contributed by atoms with Crippen molar-refractivity contribution in [2.75, 3.05) is 12.5 Å². The van der Waals surface area contributed by atoms with Crippen LogP contribution in [0.2, 0.25) is 0 Å². The minimum absolute atomic E-state index is 0.308. The fraction of sp³-hybridized carbons (Fsp3) is 0.200. The van der Waals surface area contributed by atoms with E-state index >= 15 is 0 Å². The van der Waals surface area contributed by atoms with Crippen LogP contribution in [0.4, 0.5) is 0 Å². The molecule has 0 atom stereocenters. The molecule has 0 radical (unpaired) electrons. The normalized spacial score (nSPS) is 10.6. The van der Waals surface area contributed by atoms with Crippen molar-refractivity contribution in [3.05, 3.63) is 54.1 Å². The lowest BCUT2D eigenvalue weighted by molar-refractivity contribution is 0.482. The molecule has 0 spiro atoms. The fourth-order valence-electron chi connectivity index (χ4n) is 1.52. The summed E-state index contributed by atoms with van der Waals surface area (Å²) < 4.78 is 5.77. The Balaban J connectivity index is 2.11. The summed E-state index contributed by atoms with van der Waals surface area (Å²) in [6.45, 7) is 2.07. The third-order valence-corrected chi connectivity index (χ3v) is 3.77. The molecule has 2 rings (SSSR count). The first-order chi connectivity index (χ1) is 8.15. The molecule has 0 aromatic heterocycles. The summed E-state index contributed by atoms with van der Waals surface area (Å²) in [6.07, 6.45) is 4.44. The molecule has 0 bridgehead atoms. The lowest BCUT2D eigenvalue weighted by Crippen LogP contribution is -1.94. The Morgan fingerprint density at radius 3 is 1.71 bits per heavy atom. The van der Waals surface area contributed by atoms with Crippen LogP contribution in [0.3, 0.4) is 0 Å². The van der Waals surface area contributed by atoms with E-state index in [0.717, 1.165) is 11.5 Å². The van der Waals surface area contributed by atoms with Gasteiger partial charge in [0, 0.05) is 10.9 Å². The summed E-state index contributed by atoms with van der Waals surface area (Å²) in [7, 11) is 0.308. The van der Waals surface area contributed by atoms with Gasteiger partial charge in [-0.2, -0.15) is 0 Å². The molecule has 0 unspecified atom stereocenters. The van der Waals surface area contributed by atoms with Crippen molar-refractivity contribution in [3.63, 3.8) is 0 Å². The van der Waals surface area contributed by atoms with E-state index in [9.17, 15) is 0 Å². The number of hydrogen-bond donors (Lipinski definition) is 0. The second-order valence-corrected chi connectivity index (χ2v) is 6.31. The van der Waals surface area contributed by atoms with Crippen LogP contribution in [0.5, 0.6) is 11.5 Å². The first-order valence-electron chi connectivity index (χ1n) is 5.57. The Hall–Kier alpha value is -1.41. The maximum absolute atomic E-state index is 5.77. The van der Waals surface area contributed by atoms with Gasteiger partial charge in [-0.25, -0.2) is 0 Å². The smallest absolute Gasteiger partial charge is 0.154 e. The lowest BCUT2D eigenvalue weighted by Gasteiger charge is -2.06. The predicted molar refractivity (Wildman–Crippen MR) is 75.2 cm³/mol. The maximum atomic E-state index is 5.77. The molecule has 88 valence electrons. The minimum Gasteiger partial charge on any atom is -0.457 e. The number of rotatable bonds is 3. The van der Waals surface area contributed by atoms with Gasteiger partial charge in [0.1, 0.15) is 24.0 Å². The molecule has 2 aromatic carbocycles. The van der Waals surface area contributed by atoms with Gasteiger partial charge < -0.3 is 4.74 Å². The largest absolute Gasteiger partial charge is 0.457 e. The van der Waals surface area contributed by atoms with Crippen molar-refractivity contribution in [2.24, 2.45) is 0 Å². The molecule has 0 aliphatic carbocycles. The van der Waals surface area contributed by atoms with Gasteiger partial charge in [0.25, 0.3) is 0 Å². The first kappa shape index (κ1) is 12.1. The van der Waals surface area contributed by atoms with Crippen LogP contribution in [0, 0.1) is 6.92 Å². The summed E-state index contributed by atoms with van der Waals surface area (Å²) in [6, 6.07) is 16.4. The SMILES string of the molecule is Cc1ccc(Oc2ccc([S+](C)C)cc2)cc1. The number of benzene rings is 2. The molecule has 0 heterocycles. The quantitative estimate of drug-likeness (QED) is 0.742. The van der Waals surface area contributed by atoms with Crippen LogP contribution in [0.15, 0.2) is 53.4 Å². The van der Waals surface area contributed by atoms with Gasteiger partial charge in [0.2, 0.25) is 0 Å². The van der Waals surface area contributed by atoms with E-state index < -0.39 is 0 Å². The van der Waals surface area contributed by atoms with Crippen molar-refractivity contribution in [3.8, 4) is 11.5 Å². The molecule has 0 saturated heterocycles. The van der Waals surface area contributed by atoms with Crippen LogP contribution in [0.25, 0.3) is 0 Å². The fourth-order valence-corrected chi connectivity index (χ4v) is 2.20. The number of aryl methyl sites for hydroxylation is 1. The maximum Gasteiger partial charge on any atom is 0.154 e. The zero-order chi connectivity index (χ0) is 12.3. The third-order valence-electron chi connectivity index (χ3n) is 2.55. The van der Waals surface area contributed by atoms with Crippen molar-refractivity contribution in [1.82, 2.24) is 0 Å². The standard InChI is InChI=1S/C15H17OS/c1-12-4-6-13(7-5-12)16-14-8-10-15(11-9-14)17(2)3/h4-11H,1-3H3/q+1. The Kier molecular flexibility index (Phi) is 3.75. The highest BCUT2D eigenvalue weighted by molar-refractivity contribution is 7.95. The minimum atomic E-state index is 0.308.